The van der Waals surface area contributed by atoms with Gasteiger partial charge in [-0.1, -0.05) is 151 Å². The average Bonchev–Trinajstić information content (AvgIpc) is 3.23. The summed E-state index contributed by atoms with van der Waals surface area (Å²) in [5, 5.41) is 0. The molecule has 7 aromatic rings. The van der Waals surface area contributed by atoms with Crippen LogP contribution in [0.3, 0.4) is 0 Å². The van der Waals surface area contributed by atoms with Gasteiger partial charge in [0.05, 0.1) is 45.5 Å². The summed E-state index contributed by atoms with van der Waals surface area (Å²) in [4.78, 5) is 4.24. The minimum Gasteiger partial charge on any atom is -0.306 e. The normalized spacial score (nSPS) is 16.6. The fourth-order valence-electron chi connectivity index (χ4n) is 10.3. The number of rotatable bonds is 3. The van der Waals surface area contributed by atoms with Crippen molar-refractivity contribution in [3.8, 4) is 0 Å². The Balaban J connectivity index is 1.43. The van der Waals surface area contributed by atoms with E-state index in [1.54, 1.807) is 72.8 Å². The molecule has 3 aliphatic heterocycles. The molecule has 0 radical (unpaired) electrons. The predicted molar refractivity (Wildman–Crippen MR) is 232 cm³/mol. The Labute approximate surface area is 347 Å². The highest BCUT2D eigenvalue weighted by Crippen LogP contribution is 2.63. The topological polar surface area (TPSA) is 9.72 Å². The molecule has 3 nitrogen and oxygen atoms in total. The van der Waals surface area contributed by atoms with Crippen LogP contribution in [0.5, 0.6) is 0 Å². The van der Waals surface area contributed by atoms with Gasteiger partial charge in [-0.2, -0.15) is 13.2 Å². The number of hydrogen-bond acceptors (Lipinski definition) is 3. The van der Waals surface area contributed by atoms with Crippen LogP contribution in [0.1, 0.15) is 80.5 Å². The van der Waals surface area contributed by atoms with Crippen LogP contribution in [0.25, 0.3) is 0 Å². The summed E-state index contributed by atoms with van der Waals surface area (Å²) in [6.07, 6.45) is -5.27. The lowest BCUT2D eigenvalue weighted by Gasteiger charge is -2.46. The molecular formula is C52H42F5N3. The molecule has 0 spiro atoms. The van der Waals surface area contributed by atoms with E-state index >= 15 is 22.0 Å². The van der Waals surface area contributed by atoms with Gasteiger partial charge in [-0.15, -0.1) is 0 Å². The SMILES string of the molecule is CC1(C)c2ccccc2N(c2c(F)c(N3c4ccccc4C(C)(C)c4ccccc43)c(C(F)(F)F)c(N3c4ccccc4C(C)(C)c4ccccc43)c2F)c2ccccc21. The maximum atomic E-state index is 18.9. The quantitative estimate of drug-likeness (QED) is 0.165. The summed E-state index contributed by atoms with van der Waals surface area (Å²) in [5.41, 5.74) is 1.23. The largest absolute Gasteiger partial charge is 0.420 e. The van der Waals surface area contributed by atoms with Gasteiger partial charge in [0.15, 0.2) is 11.6 Å². The molecule has 0 atom stereocenters. The third-order valence-corrected chi connectivity index (χ3v) is 13.2. The maximum absolute atomic E-state index is 18.9. The van der Waals surface area contributed by atoms with E-state index in [2.05, 4.69) is 0 Å². The second-order valence-corrected chi connectivity index (χ2v) is 17.5. The second-order valence-electron chi connectivity index (χ2n) is 17.5. The zero-order valence-electron chi connectivity index (χ0n) is 34.1. The first kappa shape index (κ1) is 37.8. The van der Waals surface area contributed by atoms with Crippen molar-refractivity contribution >= 4 is 51.2 Å². The molecule has 60 heavy (non-hydrogen) atoms. The number of benzene rings is 7. The molecule has 0 bridgehead atoms. The molecule has 10 rings (SSSR count). The number of para-hydroxylation sites is 6. The minimum absolute atomic E-state index is 0.371. The number of hydrogen-bond donors (Lipinski definition) is 0. The second kappa shape index (κ2) is 12.8. The van der Waals surface area contributed by atoms with E-state index in [9.17, 15) is 0 Å². The van der Waals surface area contributed by atoms with Crippen LogP contribution in [0.2, 0.25) is 0 Å². The lowest BCUT2D eigenvalue weighted by molar-refractivity contribution is -0.136. The van der Waals surface area contributed by atoms with Crippen LogP contribution < -0.4 is 14.7 Å². The Hall–Kier alpha value is -6.41. The monoisotopic (exact) mass is 803 g/mol. The number of nitrogens with zero attached hydrogens (tertiary/aromatic N) is 3. The molecule has 300 valence electrons. The molecule has 0 saturated heterocycles. The highest BCUT2D eigenvalue weighted by Gasteiger charge is 2.51. The van der Waals surface area contributed by atoms with Crippen molar-refractivity contribution in [1.82, 2.24) is 0 Å². The summed E-state index contributed by atoms with van der Waals surface area (Å²) in [6, 6.07) is 43.4. The van der Waals surface area contributed by atoms with Gasteiger partial charge >= 0.3 is 6.18 Å². The zero-order valence-corrected chi connectivity index (χ0v) is 34.1. The lowest BCUT2D eigenvalue weighted by Crippen LogP contribution is -2.36. The van der Waals surface area contributed by atoms with Gasteiger partial charge in [-0.05, 0) is 69.8 Å². The van der Waals surface area contributed by atoms with E-state index in [4.69, 9.17) is 0 Å². The molecule has 0 unspecified atom stereocenters. The molecule has 3 heterocycles. The first-order valence-corrected chi connectivity index (χ1v) is 20.2. The summed E-state index contributed by atoms with van der Waals surface area (Å²) < 4.78 is 88.0. The molecule has 0 aliphatic carbocycles. The molecule has 0 amide bonds. The summed E-state index contributed by atoms with van der Waals surface area (Å²) in [7, 11) is 0. The van der Waals surface area contributed by atoms with Gasteiger partial charge in [0.2, 0.25) is 0 Å². The molecule has 7 aromatic carbocycles. The summed E-state index contributed by atoms with van der Waals surface area (Å²) in [5.74, 6) is -2.67. The molecule has 0 fully saturated rings. The standard InChI is InChI=1S/C52H42F5N3/c1-49(2)31-19-7-13-25-37(31)58(38-26-14-8-20-32(38)49)46-43(52(55,56)57)47(59-39-27-15-9-21-33(39)50(3,4)34-22-10-16-28-40(34)59)45(54)48(44(46)53)60-41-29-17-11-23-35(41)51(5,6)36-24-12-18-30-42(36)60/h7-30H,1-6H3. The summed E-state index contributed by atoms with van der Waals surface area (Å²) in [6.45, 7) is 12.1. The van der Waals surface area contributed by atoms with Crippen molar-refractivity contribution in [2.24, 2.45) is 0 Å². The Kier molecular flexibility index (Phi) is 8.07. The van der Waals surface area contributed by atoms with Crippen molar-refractivity contribution in [3.05, 3.63) is 196 Å². The van der Waals surface area contributed by atoms with Gasteiger partial charge < -0.3 is 14.7 Å². The first-order chi connectivity index (χ1) is 28.6. The Morgan fingerprint density at radius 3 is 0.750 bits per heavy atom. The Bertz CT molecular complexity index is 2630. The zero-order chi connectivity index (χ0) is 42.1. The van der Waals surface area contributed by atoms with Crippen LogP contribution in [0.4, 0.5) is 73.1 Å². The van der Waals surface area contributed by atoms with Crippen LogP contribution in [0, 0.1) is 11.6 Å². The van der Waals surface area contributed by atoms with Gasteiger partial charge in [-0.3, -0.25) is 0 Å². The summed E-state index contributed by atoms with van der Waals surface area (Å²) >= 11 is 0. The fraction of sp³-hybridized carbons (Fsp3) is 0.192. The van der Waals surface area contributed by atoms with Crippen LogP contribution in [0.15, 0.2) is 146 Å². The number of alkyl halides is 3. The molecule has 3 aliphatic rings. The first-order valence-electron chi connectivity index (χ1n) is 20.2. The number of halogens is 5. The third-order valence-electron chi connectivity index (χ3n) is 13.2. The highest BCUT2D eigenvalue weighted by atomic mass is 19.4. The predicted octanol–water partition coefficient (Wildman–Crippen LogP) is 15.3. The Morgan fingerprint density at radius 1 is 0.333 bits per heavy atom. The van der Waals surface area contributed by atoms with E-state index < -0.39 is 56.7 Å². The van der Waals surface area contributed by atoms with Crippen LogP contribution in [-0.2, 0) is 22.4 Å². The minimum atomic E-state index is -5.27. The van der Waals surface area contributed by atoms with E-state index in [0.29, 0.717) is 56.4 Å². The molecule has 8 heteroatoms. The van der Waals surface area contributed by atoms with Crippen LogP contribution in [-0.4, -0.2) is 0 Å². The molecule has 0 saturated carbocycles. The number of fused-ring (bicyclic) bond motifs is 6. The van der Waals surface area contributed by atoms with Crippen molar-refractivity contribution in [2.45, 2.75) is 64.0 Å². The van der Waals surface area contributed by atoms with E-state index in [-0.39, 0.29) is 0 Å². The molecular weight excluding hydrogens is 762 g/mol. The Morgan fingerprint density at radius 2 is 0.533 bits per heavy atom. The van der Waals surface area contributed by atoms with Gasteiger partial charge in [0.25, 0.3) is 0 Å². The van der Waals surface area contributed by atoms with Crippen molar-refractivity contribution in [1.29, 1.82) is 0 Å². The fourth-order valence-corrected chi connectivity index (χ4v) is 10.3. The smallest absolute Gasteiger partial charge is 0.306 e. The van der Waals surface area contributed by atoms with Gasteiger partial charge in [0, 0.05) is 16.2 Å². The van der Waals surface area contributed by atoms with Crippen molar-refractivity contribution in [2.75, 3.05) is 14.7 Å². The van der Waals surface area contributed by atoms with Crippen molar-refractivity contribution in [3.63, 3.8) is 0 Å². The average molecular weight is 804 g/mol. The highest BCUT2D eigenvalue weighted by molar-refractivity contribution is 5.98. The number of anilines is 9. The third kappa shape index (κ3) is 5.06. The van der Waals surface area contributed by atoms with Crippen LogP contribution >= 0.6 is 0 Å². The van der Waals surface area contributed by atoms with E-state index in [1.807, 2.05) is 114 Å². The molecule has 0 aromatic heterocycles. The lowest BCUT2D eigenvalue weighted by atomic mass is 9.73. The van der Waals surface area contributed by atoms with E-state index in [1.165, 1.54) is 14.7 Å². The molecule has 0 N–H and O–H groups in total. The van der Waals surface area contributed by atoms with Gasteiger partial charge in [0.1, 0.15) is 11.3 Å². The maximum Gasteiger partial charge on any atom is 0.420 e. The van der Waals surface area contributed by atoms with Crippen molar-refractivity contribution < 1.29 is 22.0 Å². The van der Waals surface area contributed by atoms with E-state index in [0.717, 1.165) is 11.1 Å². The van der Waals surface area contributed by atoms with Gasteiger partial charge in [-0.25, -0.2) is 8.78 Å².